The molecule has 1 fully saturated rings. The smallest absolute Gasteiger partial charge is 0.256 e. The Labute approximate surface area is 237 Å². The minimum absolute atomic E-state index is 0.205. The van der Waals surface area contributed by atoms with Crippen molar-refractivity contribution in [3.8, 4) is 11.5 Å². The van der Waals surface area contributed by atoms with Crippen LogP contribution in [0.5, 0.6) is 11.5 Å². The molecule has 2 aromatic carbocycles. The topological polar surface area (TPSA) is 122 Å². The highest BCUT2D eigenvalue weighted by atomic mass is 35.5. The molecule has 1 aliphatic heterocycles. The van der Waals surface area contributed by atoms with E-state index in [1.807, 2.05) is 12.1 Å². The SMILES string of the molecule is COc1cc2c(Nc3ccc(NC(=O)c4cccc(Cl)c4)nc3)ncnc2cc1OCCCN1CCC[C@@H]1CO. The van der Waals surface area contributed by atoms with Gasteiger partial charge in [0.1, 0.15) is 18.0 Å². The van der Waals surface area contributed by atoms with Gasteiger partial charge in [0.25, 0.3) is 5.91 Å². The van der Waals surface area contributed by atoms with Crippen LogP contribution in [0, 0.1) is 0 Å². The first-order valence-electron chi connectivity index (χ1n) is 13.1. The molecule has 0 aliphatic carbocycles. The Morgan fingerprint density at radius 3 is 2.83 bits per heavy atom. The van der Waals surface area contributed by atoms with E-state index in [-0.39, 0.29) is 18.6 Å². The lowest BCUT2D eigenvalue weighted by molar-refractivity contribution is 0.102. The standard InChI is InChI=1S/C29H31ClN6O4/c1-39-25-14-23-24(15-26(25)40-12-4-11-36-10-3-7-22(36)17-37)32-18-33-28(23)34-21-8-9-27(31-16-21)35-29(38)19-5-2-6-20(30)13-19/h2,5-6,8-9,13-16,18,22,37H,3-4,7,10-12,17H2,1H3,(H,31,35,38)(H,32,33,34)/t22-/m1/s1. The summed E-state index contributed by atoms with van der Waals surface area (Å²) in [4.78, 5) is 28.0. The Bertz CT molecular complexity index is 1470. The Morgan fingerprint density at radius 2 is 2.05 bits per heavy atom. The maximum atomic E-state index is 12.5. The fourth-order valence-corrected chi connectivity index (χ4v) is 4.97. The lowest BCUT2D eigenvalue weighted by Gasteiger charge is -2.22. The van der Waals surface area contributed by atoms with Crippen molar-refractivity contribution in [3.63, 3.8) is 0 Å². The third-order valence-electron chi connectivity index (χ3n) is 6.83. The van der Waals surface area contributed by atoms with E-state index in [9.17, 15) is 9.90 Å². The summed E-state index contributed by atoms with van der Waals surface area (Å²) in [7, 11) is 1.60. The highest BCUT2D eigenvalue weighted by Gasteiger charge is 2.23. The third-order valence-corrected chi connectivity index (χ3v) is 7.07. The number of ether oxygens (including phenoxy) is 2. The minimum atomic E-state index is -0.298. The van der Waals surface area contributed by atoms with Crippen molar-refractivity contribution in [1.29, 1.82) is 0 Å². The number of nitrogens with one attached hydrogen (secondary N) is 2. The number of nitrogens with zero attached hydrogens (tertiary/aromatic N) is 4. The Morgan fingerprint density at radius 1 is 1.15 bits per heavy atom. The van der Waals surface area contributed by atoms with Gasteiger partial charge in [-0.3, -0.25) is 9.69 Å². The molecule has 0 bridgehead atoms. The van der Waals surface area contributed by atoms with Gasteiger partial charge >= 0.3 is 0 Å². The van der Waals surface area contributed by atoms with Gasteiger partial charge < -0.3 is 25.2 Å². The van der Waals surface area contributed by atoms with Gasteiger partial charge in [0.05, 0.1) is 37.7 Å². The van der Waals surface area contributed by atoms with E-state index in [4.69, 9.17) is 21.1 Å². The summed E-state index contributed by atoms with van der Waals surface area (Å²) in [6.45, 7) is 2.64. The second kappa shape index (κ2) is 12.9. The molecule has 2 aromatic heterocycles. The monoisotopic (exact) mass is 562 g/mol. The van der Waals surface area contributed by atoms with Crippen molar-refractivity contribution in [2.45, 2.75) is 25.3 Å². The number of aliphatic hydroxyl groups is 1. The van der Waals surface area contributed by atoms with Crippen LogP contribution in [0.25, 0.3) is 10.9 Å². The number of methoxy groups -OCH3 is 1. The molecule has 11 heteroatoms. The molecule has 1 amide bonds. The molecule has 3 heterocycles. The average Bonchev–Trinajstić information content (AvgIpc) is 3.43. The zero-order valence-electron chi connectivity index (χ0n) is 22.1. The van der Waals surface area contributed by atoms with Crippen LogP contribution in [0.3, 0.4) is 0 Å². The lowest BCUT2D eigenvalue weighted by atomic mass is 10.2. The molecule has 0 radical (unpaired) electrons. The van der Waals surface area contributed by atoms with Crippen molar-refractivity contribution >= 4 is 45.7 Å². The summed E-state index contributed by atoms with van der Waals surface area (Å²) in [6.07, 6.45) is 6.11. The van der Waals surface area contributed by atoms with Gasteiger partial charge in [0, 0.05) is 34.6 Å². The van der Waals surface area contributed by atoms with E-state index < -0.39 is 0 Å². The van der Waals surface area contributed by atoms with Gasteiger partial charge in [-0.15, -0.1) is 0 Å². The number of likely N-dealkylation sites (tertiary alicyclic amines) is 1. The number of carbonyl (C=O) groups excluding carboxylic acids is 1. The molecule has 0 spiro atoms. The van der Waals surface area contributed by atoms with Crippen molar-refractivity contribution in [2.75, 3.05) is 44.0 Å². The van der Waals surface area contributed by atoms with Gasteiger partial charge in [0.2, 0.25) is 0 Å². The molecule has 1 atom stereocenters. The summed E-state index contributed by atoms with van der Waals surface area (Å²) in [6, 6.07) is 14.2. The normalized spacial score (nSPS) is 15.2. The largest absolute Gasteiger partial charge is 0.493 e. The van der Waals surface area contributed by atoms with Gasteiger partial charge in [-0.1, -0.05) is 17.7 Å². The highest BCUT2D eigenvalue weighted by molar-refractivity contribution is 6.31. The maximum absolute atomic E-state index is 12.5. The Kier molecular flexibility index (Phi) is 8.90. The predicted octanol–water partition coefficient (Wildman–Crippen LogP) is 4.91. The zero-order valence-corrected chi connectivity index (χ0v) is 22.9. The molecular formula is C29H31ClN6O4. The molecule has 5 rings (SSSR count). The third kappa shape index (κ3) is 6.59. The summed E-state index contributed by atoms with van der Waals surface area (Å²) >= 11 is 5.98. The second-order valence-electron chi connectivity index (χ2n) is 9.48. The van der Waals surface area contributed by atoms with Crippen LogP contribution >= 0.6 is 11.6 Å². The van der Waals surface area contributed by atoms with Crippen LogP contribution in [0.1, 0.15) is 29.6 Å². The van der Waals surface area contributed by atoms with Crippen LogP contribution in [0.15, 0.2) is 61.1 Å². The maximum Gasteiger partial charge on any atom is 0.256 e. The number of fused-ring (bicyclic) bond motifs is 1. The summed E-state index contributed by atoms with van der Waals surface area (Å²) in [5.74, 6) is 1.88. The summed E-state index contributed by atoms with van der Waals surface area (Å²) in [5.41, 5.74) is 1.83. The number of hydrogen-bond donors (Lipinski definition) is 3. The number of carbonyl (C=O) groups is 1. The second-order valence-corrected chi connectivity index (χ2v) is 9.92. The molecule has 4 aromatic rings. The molecule has 40 heavy (non-hydrogen) atoms. The number of pyridine rings is 1. The molecular weight excluding hydrogens is 532 g/mol. The Balaban J connectivity index is 1.24. The fourth-order valence-electron chi connectivity index (χ4n) is 4.78. The van der Waals surface area contributed by atoms with Crippen molar-refractivity contribution in [3.05, 3.63) is 71.6 Å². The number of benzene rings is 2. The molecule has 1 aliphatic rings. The van der Waals surface area contributed by atoms with Crippen molar-refractivity contribution < 1.29 is 19.4 Å². The molecule has 10 nitrogen and oxygen atoms in total. The quantitative estimate of drug-likeness (QED) is 0.219. The van der Waals surface area contributed by atoms with Gasteiger partial charge in [0.15, 0.2) is 11.5 Å². The van der Waals surface area contributed by atoms with E-state index in [1.54, 1.807) is 49.7 Å². The fraction of sp³-hybridized carbons (Fsp3) is 0.310. The number of rotatable bonds is 11. The van der Waals surface area contributed by atoms with E-state index in [0.29, 0.717) is 51.5 Å². The van der Waals surface area contributed by atoms with Gasteiger partial charge in [-0.2, -0.15) is 0 Å². The summed E-state index contributed by atoms with van der Waals surface area (Å²) in [5, 5.41) is 16.8. The van der Waals surface area contributed by atoms with E-state index in [1.165, 1.54) is 6.33 Å². The zero-order chi connectivity index (χ0) is 27.9. The van der Waals surface area contributed by atoms with E-state index in [2.05, 4.69) is 30.5 Å². The van der Waals surface area contributed by atoms with Crippen LogP contribution in [-0.4, -0.2) is 70.3 Å². The van der Waals surface area contributed by atoms with Gasteiger partial charge in [-0.05, 0) is 62.2 Å². The van der Waals surface area contributed by atoms with Crippen LogP contribution in [0.4, 0.5) is 17.3 Å². The highest BCUT2D eigenvalue weighted by Crippen LogP contribution is 2.35. The molecule has 208 valence electrons. The number of aliphatic hydroxyl groups excluding tert-OH is 1. The van der Waals surface area contributed by atoms with Gasteiger partial charge in [-0.25, -0.2) is 15.0 Å². The molecule has 0 unspecified atom stereocenters. The number of anilines is 3. The predicted molar refractivity (Wildman–Crippen MR) is 155 cm³/mol. The van der Waals surface area contributed by atoms with Crippen LogP contribution < -0.4 is 20.1 Å². The number of amides is 1. The number of halogens is 1. The van der Waals surface area contributed by atoms with E-state index in [0.717, 1.165) is 37.7 Å². The summed E-state index contributed by atoms with van der Waals surface area (Å²) < 4.78 is 11.7. The van der Waals surface area contributed by atoms with Crippen molar-refractivity contribution in [1.82, 2.24) is 19.9 Å². The molecule has 3 N–H and O–H groups in total. The average molecular weight is 563 g/mol. The van der Waals surface area contributed by atoms with Crippen molar-refractivity contribution in [2.24, 2.45) is 0 Å². The van der Waals surface area contributed by atoms with Crippen LogP contribution in [-0.2, 0) is 0 Å². The molecule has 1 saturated heterocycles. The number of hydrogen-bond acceptors (Lipinski definition) is 9. The lowest BCUT2D eigenvalue weighted by Crippen LogP contribution is -2.33. The Hall–Kier alpha value is -3.99. The van der Waals surface area contributed by atoms with Crippen LogP contribution in [0.2, 0.25) is 5.02 Å². The number of aromatic nitrogens is 3. The molecule has 0 saturated carbocycles. The van der Waals surface area contributed by atoms with E-state index >= 15 is 0 Å². The first kappa shape index (κ1) is 27.6. The first-order valence-corrected chi connectivity index (χ1v) is 13.5. The minimum Gasteiger partial charge on any atom is -0.493 e. The first-order chi connectivity index (χ1) is 19.5.